The fourth-order valence-corrected chi connectivity index (χ4v) is 4.96. The molecule has 4 rings (SSSR count). The van der Waals surface area contributed by atoms with Crippen LogP contribution in [0, 0.1) is 11.2 Å². The van der Waals surface area contributed by atoms with Crippen molar-refractivity contribution in [1.82, 2.24) is 4.90 Å². The number of anilines is 1. The third-order valence-corrected chi connectivity index (χ3v) is 6.43. The maximum atomic E-state index is 13.9. The molecule has 2 heterocycles. The molecule has 1 saturated heterocycles. The summed E-state index contributed by atoms with van der Waals surface area (Å²) in [4.78, 5) is 39.9. The number of hydrogen-bond donors (Lipinski definition) is 1. The van der Waals surface area contributed by atoms with E-state index in [9.17, 15) is 23.9 Å². The number of nitrogens with zero attached hydrogens (tertiary/aromatic N) is 2. The van der Waals surface area contributed by atoms with E-state index in [0.29, 0.717) is 24.2 Å². The third-order valence-electron chi connectivity index (χ3n) is 6.43. The number of hydrogen-bond acceptors (Lipinski definition) is 4. The molecule has 1 aromatic carbocycles. The van der Waals surface area contributed by atoms with E-state index in [1.165, 1.54) is 17.0 Å². The molecular weight excluding hydrogens is 379 g/mol. The summed E-state index contributed by atoms with van der Waals surface area (Å²) >= 11 is 0. The number of carbonyl (C=O) groups is 3. The fourth-order valence-electron chi connectivity index (χ4n) is 4.96. The number of fused-ring (bicyclic) bond motifs is 3. The van der Waals surface area contributed by atoms with Crippen LogP contribution in [0.15, 0.2) is 18.2 Å². The predicted molar refractivity (Wildman–Crippen MR) is 102 cm³/mol. The number of amides is 2. The fraction of sp³-hybridized carbons (Fsp3) is 0.571. The van der Waals surface area contributed by atoms with Gasteiger partial charge in [0.1, 0.15) is 12.4 Å². The third kappa shape index (κ3) is 3.93. The highest BCUT2D eigenvalue weighted by molar-refractivity contribution is 5.91. The van der Waals surface area contributed by atoms with Gasteiger partial charge < -0.3 is 14.7 Å². The van der Waals surface area contributed by atoms with Crippen molar-refractivity contribution in [1.29, 1.82) is 0 Å². The van der Waals surface area contributed by atoms with Crippen LogP contribution in [0.3, 0.4) is 0 Å². The summed E-state index contributed by atoms with van der Waals surface area (Å²) in [6.45, 7) is 0.907. The summed E-state index contributed by atoms with van der Waals surface area (Å²) in [6, 6.07) is 3.98. The van der Waals surface area contributed by atoms with Crippen LogP contribution in [0.1, 0.15) is 50.5 Å². The standard InChI is InChI=1S/C21H25FN2O5/c22-15-4-3-14-12-23(8-5-16-13-29-20(28)24(16)17(14)9-15)18(25)10-21(11-19(26)27)6-1-2-7-21/h3-4,9,16H,1-2,5-8,10-13H2,(H,26,27)/t16-/m0/s1. The Morgan fingerprint density at radius 2 is 2.00 bits per heavy atom. The first-order valence-corrected chi connectivity index (χ1v) is 10.1. The first kappa shape index (κ1) is 19.7. The molecule has 3 aliphatic rings. The first-order valence-electron chi connectivity index (χ1n) is 10.1. The quantitative estimate of drug-likeness (QED) is 0.832. The van der Waals surface area contributed by atoms with Gasteiger partial charge >= 0.3 is 12.1 Å². The van der Waals surface area contributed by atoms with E-state index in [1.807, 2.05) is 0 Å². The minimum absolute atomic E-state index is 0.00707. The number of cyclic esters (lactones) is 1. The zero-order valence-corrected chi connectivity index (χ0v) is 16.2. The van der Waals surface area contributed by atoms with Crippen molar-refractivity contribution < 1.29 is 28.6 Å². The van der Waals surface area contributed by atoms with Gasteiger partial charge in [-0.25, -0.2) is 9.18 Å². The lowest BCUT2D eigenvalue weighted by atomic mass is 9.79. The maximum Gasteiger partial charge on any atom is 0.414 e. The Hall–Kier alpha value is -2.64. The van der Waals surface area contributed by atoms with Gasteiger partial charge in [0.15, 0.2) is 0 Å². The van der Waals surface area contributed by atoms with E-state index in [-0.39, 0.29) is 37.9 Å². The molecule has 0 unspecified atom stereocenters. The van der Waals surface area contributed by atoms with Crippen LogP contribution in [-0.2, 0) is 20.9 Å². The van der Waals surface area contributed by atoms with Crippen molar-refractivity contribution in [2.24, 2.45) is 5.41 Å². The topological polar surface area (TPSA) is 87.1 Å². The molecule has 0 spiro atoms. The molecule has 0 bridgehead atoms. The molecule has 2 amide bonds. The van der Waals surface area contributed by atoms with E-state index < -0.39 is 23.3 Å². The number of carboxylic acids is 1. The highest BCUT2D eigenvalue weighted by Crippen LogP contribution is 2.44. The number of benzene rings is 1. The van der Waals surface area contributed by atoms with Gasteiger partial charge in [0, 0.05) is 19.5 Å². The van der Waals surface area contributed by atoms with Crippen molar-refractivity contribution in [3.63, 3.8) is 0 Å². The SMILES string of the molecule is O=C(O)CC1(CC(=O)N2CC[C@H]3COC(=O)N3c3cc(F)ccc3C2)CCCC1. The highest BCUT2D eigenvalue weighted by Gasteiger charge is 2.41. The van der Waals surface area contributed by atoms with Crippen molar-refractivity contribution >= 4 is 23.7 Å². The Morgan fingerprint density at radius 1 is 1.24 bits per heavy atom. The smallest absolute Gasteiger partial charge is 0.414 e. The first-order chi connectivity index (χ1) is 13.9. The molecule has 2 aliphatic heterocycles. The Balaban J connectivity index is 1.59. The van der Waals surface area contributed by atoms with Crippen molar-refractivity contribution in [2.45, 2.75) is 57.5 Å². The van der Waals surface area contributed by atoms with E-state index in [4.69, 9.17) is 4.74 Å². The van der Waals surface area contributed by atoms with Crippen LogP contribution in [0.2, 0.25) is 0 Å². The molecule has 7 nitrogen and oxygen atoms in total. The van der Waals surface area contributed by atoms with Gasteiger partial charge in [-0.05, 0) is 42.4 Å². The van der Waals surface area contributed by atoms with Gasteiger partial charge in [0.2, 0.25) is 5.91 Å². The molecule has 2 fully saturated rings. The Bertz CT molecular complexity index is 836. The average Bonchev–Trinajstić information content (AvgIpc) is 3.23. The number of carbonyl (C=O) groups excluding carboxylic acids is 2. The second kappa shape index (κ2) is 7.65. The summed E-state index contributed by atoms with van der Waals surface area (Å²) in [6.07, 6.45) is 3.64. The molecule has 1 N–H and O–H groups in total. The van der Waals surface area contributed by atoms with Gasteiger partial charge in [-0.15, -0.1) is 0 Å². The molecule has 0 radical (unpaired) electrons. The van der Waals surface area contributed by atoms with Gasteiger partial charge in [0.05, 0.1) is 18.2 Å². The molecule has 1 aliphatic carbocycles. The summed E-state index contributed by atoms with van der Waals surface area (Å²) in [5, 5.41) is 9.32. The summed E-state index contributed by atoms with van der Waals surface area (Å²) in [5.74, 6) is -1.40. The zero-order valence-electron chi connectivity index (χ0n) is 16.2. The maximum absolute atomic E-state index is 13.9. The van der Waals surface area contributed by atoms with Gasteiger partial charge in [-0.1, -0.05) is 18.9 Å². The monoisotopic (exact) mass is 404 g/mol. The number of ether oxygens (including phenoxy) is 1. The molecule has 0 aromatic heterocycles. The lowest BCUT2D eigenvalue weighted by Gasteiger charge is -2.35. The van der Waals surface area contributed by atoms with E-state index >= 15 is 0 Å². The number of rotatable bonds is 4. The number of carboxylic acid groups (broad SMARTS) is 1. The van der Waals surface area contributed by atoms with Crippen LogP contribution in [-0.4, -0.2) is 47.2 Å². The number of halogens is 1. The van der Waals surface area contributed by atoms with Crippen molar-refractivity contribution in [3.8, 4) is 0 Å². The highest BCUT2D eigenvalue weighted by atomic mass is 19.1. The zero-order chi connectivity index (χ0) is 20.6. The van der Waals surface area contributed by atoms with Crippen LogP contribution in [0.25, 0.3) is 0 Å². The Kier molecular flexibility index (Phi) is 5.19. The van der Waals surface area contributed by atoms with Crippen LogP contribution < -0.4 is 4.90 Å². The molecule has 1 atom stereocenters. The van der Waals surface area contributed by atoms with Crippen LogP contribution >= 0.6 is 0 Å². The van der Waals surface area contributed by atoms with E-state index in [2.05, 4.69) is 0 Å². The molecule has 1 saturated carbocycles. The van der Waals surface area contributed by atoms with E-state index in [0.717, 1.165) is 25.7 Å². The molecule has 8 heteroatoms. The van der Waals surface area contributed by atoms with Crippen molar-refractivity contribution in [3.05, 3.63) is 29.6 Å². The largest absolute Gasteiger partial charge is 0.481 e. The van der Waals surface area contributed by atoms with Crippen LogP contribution in [0.5, 0.6) is 0 Å². The number of aliphatic carboxylic acids is 1. The second-order valence-corrected chi connectivity index (χ2v) is 8.43. The van der Waals surface area contributed by atoms with Gasteiger partial charge in [0.25, 0.3) is 0 Å². The normalized spacial score (nSPS) is 23.1. The summed E-state index contributed by atoms with van der Waals surface area (Å²) in [5.41, 5.74) is 0.646. The molecule has 156 valence electrons. The summed E-state index contributed by atoms with van der Waals surface area (Å²) < 4.78 is 19.1. The molecule has 1 aromatic rings. The lowest BCUT2D eigenvalue weighted by molar-refractivity contribution is -0.141. The summed E-state index contributed by atoms with van der Waals surface area (Å²) in [7, 11) is 0. The minimum Gasteiger partial charge on any atom is -0.481 e. The van der Waals surface area contributed by atoms with Crippen molar-refractivity contribution in [2.75, 3.05) is 18.1 Å². The predicted octanol–water partition coefficient (Wildman–Crippen LogP) is 3.31. The van der Waals surface area contributed by atoms with E-state index in [1.54, 1.807) is 11.0 Å². The van der Waals surface area contributed by atoms with Gasteiger partial charge in [-0.3, -0.25) is 14.5 Å². The molecular formula is C21H25FN2O5. The second-order valence-electron chi connectivity index (χ2n) is 8.43. The Morgan fingerprint density at radius 3 is 2.72 bits per heavy atom. The van der Waals surface area contributed by atoms with Crippen LogP contribution in [0.4, 0.5) is 14.9 Å². The molecule has 29 heavy (non-hydrogen) atoms. The average molecular weight is 404 g/mol. The lowest BCUT2D eigenvalue weighted by Crippen LogP contribution is -2.43. The Labute approximate surface area is 168 Å². The minimum atomic E-state index is -0.870. The van der Waals surface area contributed by atoms with Gasteiger partial charge in [-0.2, -0.15) is 0 Å².